The zero-order valence-corrected chi connectivity index (χ0v) is 30.7. The van der Waals surface area contributed by atoms with Crippen LogP contribution in [0.2, 0.25) is 18.1 Å². The summed E-state index contributed by atoms with van der Waals surface area (Å²) in [5, 5.41) is 24.7. The molecule has 1 saturated carbocycles. The highest BCUT2D eigenvalue weighted by atomic mass is 28.4. The quantitative estimate of drug-likeness (QED) is 0.238. The Morgan fingerprint density at radius 2 is 1.64 bits per heavy atom. The minimum absolute atomic E-state index is 0.0197. The number of hydrogen-bond acceptors (Lipinski definition) is 10. The first-order valence-electron chi connectivity index (χ1n) is 16.9. The molecular formula is C36H54O10Si. The van der Waals surface area contributed by atoms with Crippen molar-refractivity contribution < 1.29 is 48.0 Å². The summed E-state index contributed by atoms with van der Waals surface area (Å²) in [6, 6.07) is 10.8. The van der Waals surface area contributed by atoms with E-state index in [0.29, 0.717) is 5.57 Å². The number of benzene rings is 1. The lowest BCUT2D eigenvalue weighted by Crippen LogP contribution is -2.77. The van der Waals surface area contributed by atoms with Crippen LogP contribution in [-0.4, -0.2) is 86.1 Å². The van der Waals surface area contributed by atoms with E-state index in [9.17, 15) is 19.8 Å². The number of ketones is 1. The van der Waals surface area contributed by atoms with Crippen LogP contribution in [0.25, 0.3) is 0 Å². The Kier molecular flexibility index (Phi) is 10.6. The number of esters is 2. The molecule has 2 N–H and O–H groups in total. The second-order valence-corrected chi connectivity index (χ2v) is 19.3. The monoisotopic (exact) mass is 674 g/mol. The normalized spacial score (nSPS) is 36.9. The number of aliphatic hydroxyl groups is 2. The van der Waals surface area contributed by atoms with Gasteiger partial charge < -0.3 is 33.6 Å². The number of Topliss-reactive ketones (excluding diaryl/α,β-unsaturated/α-hetero) is 1. The molecule has 8 atom stereocenters. The maximum absolute atomic E-state index is 15.3. The molecule has 3 aliphatic rings. The third-order valence-electron chi connectivity index (χ3n) is 11.9. The first-order valence-corrected chi connectivity index (χ1v) is 19.4. The molecule has 10 nitrogen and oxygen atoms in total. The molecule has 11 heteroatoms. The smallest absolute Gasteiger partial charge is 0.338 e. The fourth-order valence-corrected chi connectivity index (χ4v) is 11.2. The highest BCUT2D eigenvalue weighted by molar-refractivity contribution is 6.73. The van der Waals surface area contributed by atoms with Crippen LogP contribution in [0.3, 0.4) is 0 Å². The van der Waals surface area contributed by atoms with E-state index in [4.69, 9.17) is 23.4 Å². The van der Waals surface area contributed by atoms with Gasteiger partial charge in [-0.1, -0.05) is 59.7 Å². The zero-order valence-electron chi connectivity index (χ0n) is 29.7. The molecule has 2 fully saturated rings. The summed E-state index contributed by atoms with van der Waals surface area (Å²) in [6.45, 7) is 16.2. The topological polar surface area (TPSA) is 138 Å². The second-order valence-electron chi connectivity index (χ2n) is 14.5. The van der Waals surface area contributed by atoms with Crippen molar-refractivity contribution >= 4 is 26.0 Å². The third-order valence-corrected chi connectivity index (χ3v) is 16.5. The van der Waals surface area contributed by atoms with E-state index in [1.807, 2.05) is 0 Å². The molecular weight excluding hydrogens is 620 g/mol. The molecule has 1 heterocycles. The van der Waals surface area contributed by atoms with Crippen molar-refractivity contribution in [3.05, 3.63) is 47.2 Å². The van der Waals surface area contributed by atoms with Crippen molar-refractivity contribution in [2.75, 3.05) is 20.3 Å². The highest BCUT2D eigenvalue weighted by Crippen LogP contribution is 2.62. The summed E-state index contributed by atoms with van der Waals surface area (Å²) in [5.74, 6) is -3.51. The minimum Gasteiger partial charge on any atom is -0.493 e. The van der Waals surface area contributed by atoms with Crippen LogP contribution in [0, 0.1) is 22.7 Å². The molecule has 2 aliphatic carbocycles. The van der Waals surface area contributed by atoms with Gasteiger partial charge in [0.25, 0.3) is 0 Å². The molecule has 1 aromatic rings. The summed E-state index contributed by atoms with van der Waals surface area (Å²) >= 11 is 0. The fourth-order valence-electron chi connectivity index (χ4n) is 8.48. The lowest BCUT2D eigenvalue weighted by Gasteiger charge is -2.63. The van der Waals surface area contributed by atoms with Crippen molar-refractivity contribution in [2.45, 2.75) is 116 Å². The van der Waals surface area contributed by atoms with E-state index in [-0.39, 0.29) is 31.0 Å². The van der Waals surface area contributed by atoms with Gasteiger partial charge in [0, 0.05) is 31.3 Å². The van der Waals surface area contributed by atoms with Crippen LogP contribution < -0.4 is 0 Å². The molecule has 47 heavy (non-hydrogen) atoms. The van der Waals surface area contributed by atoms with Crippen molar-refractivity contribution in [3.63, 3.8) is 0 Å². The van der Waals surface area contributed by atoms with Crippen LogP contribution in [0.4, 0.5) is 0 Å². The number of aliphatic hydroxyl groups excluding tert-OH is 1. The number of ether oxygens (including phenoxy) is 4. The average Bonchev–Trinajstić information content (AvgIpc) is 3.04. The highest BCUT2D eigenvalue weighted by Gasteiger charge is 2.73. The Morgan fingerprint density at radius 3 is 2.11 bits per heavy atom. The Labute approximate surface area is 280 Å². The van der Waals surface area contributed by atoms with Gasteiger partial charge >= 0.3 is 11.9 Å². The van der Waals surface area contributed by atoms with E-state index in [1.165, 1.54) is 14.0 Å². The van der Waals surface area contributed by atoms with Crippen LogP contribution >= 0.6 is 0 Å². The lowest BCUT2D eigenvalue weighted by molar-refractivity contribution is -0.313. The SMILES string of the molecule is CC[Si](CC)(CC)OCC1(C)C(=O)/C(OC)=C2/C(C)C(O)CC(O)(C(OC(=O)c3ccccc3)C1C1(OC(C)=O)COC1C)C2(C)C. The average molecular weight is 675 g/mol. The number of allylic oxidation sites excluding steroid dienone is 1. The van der Waals surface area contributed by atoms with Crippen molar-refractivity contribution in [1.82, 2.24) is 0 Å². The van der Waals surface area contributed by atoms with Crippen molar-refractivity contribution in [2.24, 2.45) is 22.7 Å². The predicted molar refractivity (Wildman–Crippen MR) is 178 cm³/mol. The van der Waals surface area contributed by atoms with Gasteiger partial charge in [0.2, 0.25) is 5.78 Å². The molecule has 0 radical (unpaired) electrons. The van der Waals surface area contributed by atoms with Gasteiger partial charge in [-0.05, 0) is 49.7 Å². The predicted octanol–water partition coefficient (Wildman–Crippen LogP) is 5.22. The van der Waals surface area contributed by atoms with E-state index in [1.54, 1.807) is 65.0 Å². The standard InChI is InChI=1S/C36H54O10Si/c1-11-47(12-2,13-3)44-20-34(9)29(35(46-24(6)37)21-43-23(35)5)31(45-32(40)25-17-15-14-16-18-25)36(41)19-26(38)22(4)27(33(36,7)8)28(42-10)30(34)39/h14-18,22-23,26,29,31,38,41H,11-13,19-21H2,1-10H3/b28-27+. The molecule has 1 aromatic carbocycles. The number of carbonyl (C=O) groups excluding carboxylic acids is 3. The first-order chi connectivity index (χ1) is 21.9. The molecule has 2 bridgehead atoms. The Hall–Kier alpha value is -2.57. The third kappa shape index (κ3) is 5.90. The summed E-state index contributed by atoms with van der Waals surface area (Å²) < 4.78 is 31.4. The number of fused-ring (bicyclic) bond motifs is 2. The van der Waals surface area contributed by atoms with Crippen molar-refractivity contribution in [3.8, 4) is 0 Å². The van der Waals surface area contributed by atoms with Gasteiger partial charge in [-0.3, -0.25) is 9.59 Å². The largest absolute Gasteiger partial charge is 0.493 e. The molecule has 0 spiro atoms. The molecule has 4 rings (SSSR count). The van der Waals surface area contributed by atoms with Gasteiger partial charge in [0.05, 0.1) is 42.8 Å². The van der Waals surface area contributed by atoms with Crippen LogP contribution in [-0.2, 0) is 33.0 Å². The van der Waals surface area contributed by atoms with Gasteiger partial charge in [-0.15, -0.1) is 0 Å². The van der Waals surface area contributed by atoms with Crippen molar-refractivity contribution in [1.29, 1.82) is 0 Å². The summed E-state index contributed by atoms with van der Waals surface area (Å²) in [7, 11) is -0.923. The maximum Gasteiger partial charge on any atom is 0.338 e. The van der Waals surface area contributed by atoms with Crippen LogP contribution in [0.15, 0.2) is 41.7 Å². The summed E-state index contributed by atoms with van der Waals surface area (Å²) in [5.41, 5.74) is -5.62. The zero-order chi connectivity index (χ0) is 35.2. The molecule has 0 aromatic heterocycles. The molecule has 8 unspecified atom stereocenters. The Bertz CT molecular complexity index is 1360. The number of carbonyl (C=O) groups is 3. The Morgan fingerprint density at radius 1 is 1.04 bits per heavy atom. The number of methoxy groups -OCH3 is 1. The molecule has 1 saturated heterocycles. The Balaban J connectivity index is 2.13. The van der Waals surface area contributed by atoms with Gasteiger partial charge in [-0.25, -0.2) is 4.79 Å². The van der Waals surface area contributed by atoms with E-state index >= 15 is 4.79 Å². The van der Waals surface area contributed by atoms with Crippen LogP contribution in [0.5, 0.6) is 0 Å². The lowest BCUT2D eigenvalue weighted by atomic mass is 9.48. The molecule has 0 amide bonds. The van der Waals surface area contributed by atoms with Gasteiger partial charge in [0.15, 0.2) is 19.7 Å². The van der Waals surface area contributed by atoms with E-state index in [0.717, 1.165) is 18.1 Å². The maximum atomic E-state index is 15.3. The fraction of sp³-hybridized carbons (Fsp3) is 0.694. The van der Waals surface area contributed by atoms with E-state index < -0.39 is 78.2 Å². The van der Waals surface area contributed by atoms with E-state index in [2.05, 4.69) is 20.8 Å². The van der Waals surface area contributed by atoms with Gasteiger partial charge in [0.1, 0.15) is 11.7 Å². The number of hydrogen-bond donors (Lipinski definition) is 2. The molecule has 262 valence electrons. The number of rotatable bonds is 11. The first kappa shape index (κ1) is 37.2. The minimum atomic E-state index is -2.33. The van der Waals surface area contributed by atoms with Gasteiger partial charge in [-0.2, -0.15) is 0 Å². The summed E-state index contributed by atoms with van der Waals surface area (Å²) in [6.07, 6.45) is -3.50. The molecule has 1 aliphatic heterocycles. The summed E-state index contributed by atoms with van der Waals surface area (Å²) in [4.78, 5) is 42.3. The van der Waals surface area contributed by atoms with Crippen LogP contribution in [0.1, 0.15) is 79.1 Å². The second kappa shape index (κ2) is 13.4.